The lowest BCUT2D eigenvalue weighted by atomic mass is 10.2. The van der Waals surface area contributed by atoms with E-state index < -0.39 is 6.10 Å². The molecule has 0 radical (unpaired) electrons. The summed E-state index contributed by atoms with van der Waals surface area (Å²) in [5.41, 5.74) is 0.928. The number of hydrogen-bond donors (Lipinski definition) is 1. The van der Waals surface area contributed by atoms with E-state index in [0.717, 1.165) is 5.69 Å². The molecule has 4 nitrogen and oxygen atoms in total. The number of nitrogens with zero attached hydrogens (tertiary/aromatic N) is 1. The van der Waals surface area contributed by atoms with Crippen molar-refractivity contribution in [1.29, 1.82) is 0 Å². The SMILES string of the molecule is CC(Oc1ccc(Cl)cc1Cl)C(=O)NCCc1ccccn1. The van der Waals surface area contributed by atoms with Crippen molar-refractivity contribution >= 4 is 29.1 Å². The molecule has 0 saturated heterocycles. The van der Waals surface area contributed by atoms with Gasteiger partial charge in [0.2, 0.25) is 0 Å². The molecule has 1 amide bonds. The van der Waals surface area contributed by atoms with Crippen LogP contribution in [0.25, 0.3) is 0 Å². The van der Waals surface area contributed by atoms with E-state index in [1.54, 1.807) is 31.3 Å². The number of halogens is 2. The Morgan fingerprint density at radius 2 is 2.14 bits per heavy atom. The summed E-state index contributed by atoms with van der Waals surface area (Å²) in [5, 5.41) is 3.70. The summed E-state index contributed by atoms with van der Waals surface area (Å²) < 4.78 is 5.55. The second kappa shape index (κ2) is 8.01. The van der Waals surface area contributed by atoms with Gasteiger partial charge in [0.15, 0.2) is 6.10 Å². The number of benzene rings is 1. The van der Waals surface area contributed by atoms with E-state index >= 15 is 0 Å². The molecule has 0 aliphatic heterocycles. The van der Waals surface area contributed by atoms with Crippen molar-refractivity contribution in [1.82, 2.24) is 10.3 Å². The molecule has 22 heavy (non-hydrogen) atoms. The Labute approximate surface area is 139 Å². The highest BCUT2D eigenvalue weighted by Crippen LogP contribution is 2.28. The number of carbonyl (C=O) groups excluding carboxylic acids is 1. The van der Waals surface area contributed by atoms with Gasteiger partial charge in [-0.05, 0) is 37.3 Å². The summed E-state index contributed by atoms with van der Waals surface area (Å²) in [6.07, 6.45) is 1.74. The summed E-state index contributed by atoms with van der Waals surface area (Å²) in [6.45, 7) is 2.17. The van der Waals surface area contributed by atoms with E-state index in [4.69, 9.17) is 27.9 Å². The number of ether oxygens (including phenoxy) is 1. The van der Waals surface area contributed by atoms with Crippen LogP contribution in [0.15, 0.2) is 42.6 Å². The van der Waals surface area contributed by atoms with Gasteiger partial charge in [0.05, 0.1) is 5.02 Å². The molecule has 1 aromatic carbocycles. The van der Waals surface area contributed by atoms with Gasteiger partial charge < -0.3 is 10.1 Å². The third-order valence-electron chi connectivity index (χ3n) is 2.97. The van der Waals surface area contributed by atoms with Gasteiger partial charge in [-0.25, -0.2) is 0 Å². The van der Waals surface area contributed by atoms with E-state index in [1.165, 1.54) is 0 Å². The zero-order valence-corrected chi connectivity index (χ0v) is 13.6. The molecule has 1 aromatic heterocycles. The lowest BCUT2D eigenvalue weighted by Crippen LogP contribution is -2.37. The first-order valence-electron chi connectivity index (χ1n) is 6.85. The summed E-state index contributed by atoms with van der Waals surface area (Å²) in [7, 11) is 0. The molecule has 0 bridgehead atoms. The van der Waals surface area contributed by atoms with Crippen molar-refractivity contribution < 1.29 is 9.53 Å². The smallest absolute Gasteiger partial charge is 0.260 e. The van der Waals surface area contributed by atoms with Crippen LogP contribution in [0.4, 0.5) is 0 Å². The minimum absolute atomic E-state index is 0.207. The molecule has 1 N–H and O–H groups in total. The van der Waals surface area contributed by atoms with Gasteiger partial charge in [-0.15, -0.1) is 0 Å². The first kappa shape index (κ1) is 16.6. The molecule has 6 heteroatoms. The molecule has 1 heterocycles. The molecular formula is C16H16Cl2N2O2. The van der Waals surface area contributed by atoms with Gasteiger partial charge in [0, 0.05) is 29.9 Å². The monoisotopic (exact) mass is 338 g/mol. The number of rotatable bonds is 6. The fourth-order valence-corrected chi connectivity index (χ4v) is 2.27. The molecule has 0 saturated carbocycles. The maximum Gasteiger partial charge on any atom is 0.260 e. The Bertz CT molecular complexity index is 635. The van der Waals surface area contributed by atoms with Gasteiger partial charge in [0.25, 0.3) is 5.91 Å². The van der Waals surface area contributed by atoms with Crippen molar-refractivity contribution in [2.75, 3.05) is 6.54 Å². The number of hydrogen-bond acceptors (Lipinski definition) is 3. The Morgan fingerprint density at radius 3 is 2.82 bits per heavy atom. The van der Waals surface area contributed by atoms with Crippen LogP contribution in [0.2, 0.25) is 10.0 Å². The molecule has 0 spiro atoms. The highest BCUT2D eigenvalue weighted by molar-refractivity contribution is 6.35. The van der Waals surface area contributed by atoms with E-state index in [0.29, 0.717) is 28.8 Å². The maximum atomic E-state index is 12.0. The Kier molecular flexibility index (Phi) is 6.04. The average Bonchev–Trinajstić information content (AvgIpc) is 2.51. The fraction of sp³-hybridized carbons (Fsp3) is 0.250. The first-order valence-corrected chi connectivity index (χ1v) is 7.61. The lowest BCUT2D eigenvalue weighted by Gasteiger charge is -2.15. The maximum absolute atomic E-state index is 12.0. The van der Waals surface area contributed by atoms with E-state index in [-0.39, 0.29) is 5.91 Å². The molecule has 116 valence electrons. The standard InChI is InChI=1S/C16H16Cl2N2O2/c1-11(22-15-6-5-12(17)10-14(15)18)16(21)20-9-7-13-4-2-3-8-19-13/h2-6,8,10-11H,7,9H2,1H3,(H,20,21). The third kappa shape index (κ3) is 4.90. The summed E-state index contributed by atoms with van der Waals surface area (Å²) >= 11 is 11.8. The van der Waals surface area contributed by atoms with Crippen LogP contribution in [-0.4, -0.2) is 23.5 Å². The first-order chi connectivity index (χ1) is 10.6. The van der Waals surface area contributed by atoms with Crippen LogP contribution < -0.4 is 10.1 Å². The summed E-state index contributed by atoms with van der Waals surface area (Å²) in [5.74, 6) is 0.223. The predicted octanol–water partition coefficient (Wildman–Crippen LogP) is 3.51. The molecule has 0 aliphatic carbocycles. The second-order valence-electron chi connectivity index (χ2n) is 4.70. The quantitative estimate of drug-likeness (QED) is 0.876. The van der Waals surface area contributed by atoms with Crippen LogP contribution in [0, 0.1) is 0 Å². The molecule has 0 fully saturated rings. The summed E-state index contributed by atoms with van der Waals surface area (Å²) in [4.78, 5) is 16.2. The molecule has 2 rings (SSSR count). The predicted molar refractivity (Wildman–Crippen MR) is 87.5 cm³/mol. The van der Waals surface area contributed by atoms with Gasteiger partial charge in [-0.2, -0.15) is 0 Å². The van der Waals surface area contributed by atoms with Gasteiger partial charge in [0.1, 0.15) is 5.75 Å². The third-order valence-corrected chi connectivity index (χ3v) is 3.50. The van der Waals surface area contributed by atoms with Crippen LogP contribution >= 0.6 is 23.2 Å². The van der Waals surface area contributed by atoms with Crippen LogP contribution in [0.5, 0.6) is 5.75 Å². The lowest BCUT2D eigenvalue weighted by molar-refractivity contribution is -0.127. The highest BCUT2D eigenvalue weighted by atomic mass is 35.5. The Morgan fingerprint density at radius 1 is 1.32 bits per heavy atom. The number of aromatic nitrogens is 1. The minimum Gasteiger partial charge on any atom is -0.479 e. The van der Waals surface area contributed by atoms with Crippen molar-refractivity contribution in [3.8, 4) is 5.75 Å². The number of nitrogens with one attached hydrogen (secondary N) is 1. The number of carbonyl (C=O) groups is 1. The van der Waals surface area contributed by atoms with Crippen LogP contribution in [0.1, 0.15) is 12.6 Å². The van der Waals surface area contributed by atoms with Crippen LogP contribution in [0.3, 0.4) is 0 Å². The van der Waals surface area contributed by atoms with Crippen molar-refractivity contribution in [2.45, 2.75) is 19.4 Å². The fourth-order valence-electron chi connectivity index (χ4n) is 1.82. The average molecular weight is 339 g/mol. The molecule has 1 atom stereocenters. The molecule has 1 unspecified atom stereocenters. The largest absolute Gasteiger partial charge is 0.479 e. The molecular weight excluding hydrogens is 323 g/mol. The minimum atomic E-state index is -0.651. The zero-order valence-electron chi connectivity index (χ0n) is 12.1. The van der Waals surface area contributed by atoms with Crippen LogP contribution in [-0.2, 0) is 11.2 Å². The van der Waals surface area contributed by atoms with Gasteiger partial charge in [-0.1, -0.05) is 29.3 Å². The normalized spacial score (nSPS) is 11.8. The van der Waals surface area contributed by atoms with E-state index in [2.05, 4.69) is 10.3 Å². The number of amides is 1. The van der Waals surface area contributed by atoms with E-state index in [1.807, 2.05) is 18.2 Å². The van der Waals surface area contributed by atoms with Gasteiger partial charge in [-0.3, -0.25) is 9.78 Å². The van der Waals surface area contributed by atoms with Gasteiger partial charge >= 0.3 is 0 Å². The summed E-state index contributed by atoms with van der Waals surface area (Å²) in [6, 6.07) is 10.6. The van der Waals surface area contributed by atoms with Crippen molar-refractivity contribution in [2.24, 2.45) is 0 Å². The van der Waals surface area contributed by atoms with Crippen molar-refractivity contribution in [3.63, 3.8) is 0 Å². The Balaban J connectivity index is 1.82. The second-order valence-corrected chi connectivity index (χ2v) is 5.54. The highest BCUT2D eigenvalue weighted by Gasteiger charge is 2.15. The molecule has 2 aromatic rings. The van der Waals surface area contributed by atoms with E-state index in [9.17, 15) is 4.79 Å². The Hall–Kier alpha value is -1.78. The van der Waals surface area contributed by atoms with Crippen molar-refractivity contribution in [3.05, 3.63) is 58.3 Å². The zero-order chi connectivity index (χ0) is 15.9. The molecule has 0 aliphatic rings. The topological polar surface area (TPSA) is 51.2 Å². The number of pyridine rings is 1.